The third-order valence-corrected chi connectivity index (χ3v) is 8.14. The molecule has 3 aromatic rings. The van der Waals surface area contributed by atoms with Crippen molar-refractivity contribution in [3.63, 3.8) is 0 Å². The molecule has 2 aliphatic carbocycles. The van der Waals surface area contributed by atoms with Crippen LogP contribution in [0.4, 0.5) is 5.95 Å². The number of aliphatic hydroxyl groups excluding tert-OH is 1. The molecule has 2 saturated carbocycles. The number of nitrogens with zero attached hydrogens (tertiary/aromatic N) is 4. The minimum Gasteiger partial charge on any atom is -0.393 e. The number of aromatic nitrogens is 3. The molecular formula is C27H35N5O3. The van der Waals surface area contributed by atoms with Gasteiger partial charge in [-0.15, -0.1) is 0 Å². The lowest BCUT2D eigenvalue weighted by Crippen LogP contribution is -2.35. The van der Waals surface area contributed by atoms with Crippen molar-refractivity contribution in [1.29, 1.82) is 0 Å². The summed E-state index contributed by atoms with van der Waals surface area (Å²) >= 11 is 0. The topological polar surface area (TPSA) is 92.5 Å². The molecule has 0 bridgehead atoms. The first kappa shape index (κ1) is 22.9. The Labute approximate surface area is 205 Å². The standard InChI is InChI=1S/C27H35N5O3/c33-21-7-5-20(6-8-21)32-25-24(16-29-27(30-25)28-15-18-2-1-3-18)22-9-4-19(14-23(22)26(32)34)17-31-10-12-35-13-11-31/h4,9,14,16,18,20-21,33H,1-3,5-8,10-13,15,17H2,(H,28,29,30)/t20-,21-. The van der Waals surface area contributed by atoms with Crippen LogP contribution in [-0.2, 0) is 11.3 Å². The molecule has 6 rings (SSSR count). The molecule has 1 saturated heterocycles. The molecule has 3 aliphatic rings. The molecule has 8 nitrogen and oxygen atoms in total. The Morgan fingerprint density at radius 2 is 1.83 bits per heavy atom. The predicted octanol–water partition coefficient (Wildman–Crippen LogP) is 3.46. The number of morpholine rings is 1. The average Bonchev–Trinajstić information content (AvgIpc) is 2.85. The lowest BCUT2D eigenvalue weighted by molar-refractivity contribution is 0.0342. The van der Waals surface area contributed by atoms with Crippen molar-refractivity contribution in [1.82, 2.24) is 19.4 Å². The van der Waals surface area contributed by atoms with Crippen molar-refractivity contribution in [3.8, 4) is 0 Å². The van der Waals surface area contributed by atoms with E-state index >= 15 is 0 Å². The van der Waals surface area contributed by atoms with E-state index in [0.717, 1.165) is 74.0 Å². The van der Waals surface area contributed by atoms with Gasteiger partial charge in [0, 0.05) is 49.2 Å². The summed E-state index contributed by atoms with van der Waals surface area (Å²) in [6.07, 6.45) is 8.41. The number of pyridine rings is 1. The largest absolute Gasteiger partial charge is 0.393 e. The normalized spacial score (nSPS) is 24.0. The molecule has 1 aromatic carbocycles. The van der Waals surface area contributed by atoms with E-state index in [-0.39, 0.29) is 17.7 Å². The van der Waals surface area contributed by atoms with E-state index in [1.165, 1.54) is 19.3 Å². The Morgan fingerprint density at radius 1 is 1.03 bits per heavy atom. The zero-order valence-corrected chi connectivity index (χ0v) is 20.3. The zero-order chi connectivity index (χ0) is 23.8. The van der Waals surface area contributed by atoms with E-state index in [1.54, 1.807) is 0 Å². The first-order valence-corrected chi connectivity index (χ1v) is 13.2. The number of fused-ring (bicyclic) bond motifs is 3. The number of nitrogens with one attached hydrogen (secondary N) is 1. The molecule has 35 heavy (non-hydrogen) atoms. The van der Waals surface area contributed by atoms with Crippen LogP contribution >= 0.6 is 0 Å². The van der Waals surface area contributed by atoms with Crippen LogP contribution in [-0.4, -0.2) is 63.5 Å². The van der Waals surface area contributed by atoms with E-state index in [1.807, 2.05) is 10.8 Å². The van der Waals surface area contributed by atoms with Gasteiger partial charge in [0.1, 0.15) is 5.65 Å². The fraction of sp³-hybridized carbons (Fsp3) is 0.593. The van der Waals surface area contributed by atoms with E-state index < -0.39 is 0 Å². The summed E-state index contributed by atoms with van der Waals surface area (Å²) in [4.78, 5) is 25.9. The lowest BCUT2D eigenvalue weighted by atomic mass is 9.85. The SMILES string of the molecule is O=c1c2cc(CN3CCOCC3)ccc2c2cnc(NCC3CCC3)nc2n1[C@H]1CC[C@H](O)CC1. The molecule has 186 valence electrons. The fourth-order valence-electron chi connectivity index (χ4n) is 5.76. The molecule has 2 N–H and O–H groups in total. The van der Waals surface area contributed by atoms with Crippen molar-refractivity contribution >= 4 is 27.8 Å². The van der Waals surface area contributed by atoms with Crippen LogP contribution in [0.25, 0.3) is 21.8 Å². The highest BCUT2D eigenvalue weighted by Gasteiger charge is 2.26. The van der Waals surface area contributed by atoms with Crippen molar-refractivity contribution in [2.24, 2.45) is 5.92 Å². The number of hydrogen-bond acceptors (Lipinski definition) is 7. The maximum atomic E-state index is 14.0. The number of ether oxygens (including phenoxy) is 1. The molecule has 2 aromatic heterocycles. The smallest absolute Gasteiger partial charge is 0.260 e. The maximum absolute atomic E-state index is 14.0. The summed E-state index contributed by atoms with van der Waals surface area (Å²) in [5.41, 5.74) is 1.86. The van der Waals surface area contributed by atoms with Crippen LogP contribution in [0.2, 0.25) is 0 Å². The molecule has 0 unspecified atom stereocenters. The maximum Gasteiger partial charge on any atom is 0.260 e. The molecule has 0 radical (unpaired) electrons. The average molecular weight is 478 g/mol. The first-order chi connectivity index (χ1) is 17.2. The van der Waals surface area contributed by atoms with Crippen molar-refractivity contribution < 1.29 is 9.84 Å². The fourth-order valence-corrected chi connectivity index (χ4v) is 5.76. The van der Waals surface area contributed by atoms with Crippen LogP contribution in [0.15, 0.2) is 29.2 Å². The molecule has 0 spiro atoms. The van der Waals surface area contributed by atoms with Crippen LogP contribution in [0.1, 0.15) is 56.6 Å². The first-order valence-electron chi connectivity index (χ1n) is 13.2. The summed E-state index contributed by atoms with van der Waals surface area (Å²) < 4.78 is 7.38. The second kappa shape index (κ2) is 9.84. The highest BCUT2D eigenvalue weighted by Crippen LogP contribution is 2.32. The van der Waals surface area contributed by atoms with Crippen molar-refractivity contribution in [3.05, 3.63) is 40.3 Å². The van der Waals surface area contributed by atoms with Gasteiger partial charge in [0.25, 0.3) is 5.56 Å². The number of benzene rings is 1. The van der Waals surface area contributed by atoms with Gasteiger partial charge in [-0.05, 0) is 61.5 Å². The molecule has 1 aliphatic heterocycles. The van der Waals surface area contributed by atoms with Gasteiger partial charge in [-0.2, -0.15) is 4.98 Å². The summed E-state index contributed by atoms with van der Waals surface area (Å²) in [6, 6.07) is 6.29. The zero-order valence-electron chi connectivity index (χ0n) is 20.3. The minimum absolute atomic E-state index is 0.0151. The van der Waals surface area contributed by atoms with Crippen molar-refractivity contribution in [2.45, 2.75) is 63.6 Å². The summed E-state index contributed by atoms with van der Waals surface area (Å²) in [5.74, 6) is 1.29. The number of aliphatic hydroxyl groups is 1. The second-order valence-corrected chi connectivity index (χ2v) is 10.5. The predicted molar refractivity (Wildman–Crippen MR) is 137 cm³/mol. The van der Waals surface area contributed by atoms with Crippen LogP contribution in [0, 0.1) is 5.92 Å². The molecule has 8 heteroatoms. The summed E-state index contributed by atoms with van der Waals surface area (Å²) in [6.45, 7) is 5.03. The summed E-state index contributed by atoms with van der Waals surface area (Å²) in [7, 11) is 0. The highest BCUT2D eigenvalue weighted by atomic mass is 16.5. The van der Waals surface area contributed by atoms with Gasteiger partial charge in [0.15, 0.2) is 0 Å². The van der Waals surface area contributed by atoms with Crippen LogP contribution in [0.3, 0.4) is 0 Å². The lowest BCUT2D eigenvalue weighted by Gasteiger charge is -2.29. The quantitative estimate of drug-likeness (QED) is 0.525. The highest BCUT2D eigenvalue weighted by molar-refractivity contribution is 6.04. The monoisotopic (exact) mass is 477 g/mol. The molecule has 3 fully saturated rings. The van der Waals surface area contributed by atoms with Gasteiger partial charge in [-0.1, -0.05) is 18.6 Å². The van der Waals surface area contributed by atoms with Gasteiger partial charge in [-0.25, -0.2) is 4.98 Å². The van der Waals surface area contributed by atoms with Gasteiger partial charge < -0.3 is 15.2 Å². The van der Waals surface area contributed by atoms with Gasteiger partial charge >= 0.3 is 0 Å². The molecule has 0 atom stereocenters. The van der Waals surface area contributed by atoms with E-state index in [9.17, 15) is 9.90 Å². The Kier molecular flexibility index (Phi) is 6.43. The second-order valence-electron chi connectivity index (χ2n) is 10.5. The van der Waals surface area contributed by atoms with E-state index in [0.29, 0.717) is 30.4 Å². The Balaban J connectivity index is 1.42. The molecule has 0 amide bonds. The number of rotatable bonds is 6. The Bertz CT molecular complexity index is 1260. The Hall–Kier alpha value is -2.55. The van der Waals surface area contributed by atoms with Gasteiger partial charge in [-0.3, -0.25) is 14.3 Å². The summed E-state index contributed by atoms with van der Waals surface area (Å²) in [5, 5.41) is 16.0. The third-order valence-electron chi connectivity index (χ3n) is 8.14. The third kappa shape index (κ3) is 4.67. The van der Waals surface area contributed by atoms with E-state index in [2.05, 4.69) is 33.4 Å². The molecule has 3 heterocycles. The van der Waals surface area contributed by atoms with Crippen LogP contribution in [0.5, 0.6) is 0 Å². The molecular weight excluding hydrogens is 442 g/mol. The van der Waals surface area contributed by atoms with Gasteiger partial charge in [0.2, 0.25) is 5.95 Å². The van der Waals surface area contributed by atoms with E-state index in [4.69, 9.17) is 9.72 Å². The number of hydrogen-bond donors (Lipinski definition) is 2. The van der Waals surface area contributed by atoms with Crippen molar-refractivity contribution in [2.75, 3.05) is 38.2 Å². The van der Waals surface area contributed by atoms with Gasteiger partial charge in [0.05, 0.1) is 19.3 Å². The number of anilines is 1. The Morgan fingerprint density at radius 3 is 2.57 bits per heavy atom. The minimum atomic E-state index is -0.275. The van der Waals surface area contributed by atoms with Crippen LogP contribution < -0.4 is 10.9 Å².